The topological polar surface area (TPSA) is 116 Å². The third kappa shape index (κ3) is 2.47. The van der Waals surface area contributed by atoms with Gasteiger partial charge in [-0.05, 0) is 9.91 Å². The summed E-state index contributed by atoms with van der Waals surface area (Å²) in [6, 6.07) is 1.88. The Bertz CT molecular complexity index is 486. The van der Waals surface area contributed by atoms with Gasteiger partial charge in [0.05, 0.1) is 11.0 Å². The van der Waals surface area contributed by atoms with Crippen molar-refractivity contribution in [3.8, 4) is 0 Å². The van der Waals surface area contributed by atoms with Crippen LogP contribution in [0.5, 0.6) is 0 Å². The Morgan fingerprint density at radius 3 is 2.50 bits per heavy atom. The zero-order valence-electron chi connectivity index (χ0n) is 6.55. The molecule has 0 bridgehead atoms. The minimum Gasteiger partial charge on any atom is -0.358 e. The third-order valence-electron chi connectivity index (χ3n) is 1.27. The fourth-order valence-electron chi connectivity index (χ4n) is 0.718. The van der Waals surface area contributed by atoms with Gasteiger partial charge in [0.25, 0.3) is 0 Å². The van der Waals surface area contributed by atoms with E-state index in [4.69, 9.17) is 5.14 Å². The van der Waals surface area contributed by atoms with Gasteiger partial charge in [0.1, 0.15) is 0 Å². The van der Waals surface area contributed by atoms with E-state index in [0.717, 1.165) is 12.1 Å². The standard InChI is InChI=1S/C5H4BrN3O4S/c6-4-1-3(14(7,12)13)2-5(8-4)9(10)11/h1-2H,(H2,7,12,13). The number of primary sulfonamides is 1. The summed E-state index contributed by atoms with van der Waals surface area (Å²) in [6.45, 7) is 0. The molecule has 14 heavy (non-hydrogen) atoms. The number of nitrogens with two attached hydrogens (primary N) is 1. The molecule has 7 nitrogen and oxygen atoms in total. The lowest BCUT2D eigenvalue weighted by atomic mass is 10.5. The molecule has 0 atom stereocenters. The first-order chi connectivity index (χ1) is 6.30. The zero-order valence-corrected chi connectivity index (χ0v) is 8.95. The number of nitrogens with zero attached hydrogens (tertiary/aromatic N) is 2. The molecule has 0 spiro atoms. The highest BCUT2D eigenvalue weighted by Crippen LogP contribution is 2.19. The number of aromatic nitrogens is 1. The van der Waals surface area contributed by atoms with Gasteiger partial charge in [0.2, 0.25) is 14.6 Å². The molecule has 0 fully saturated rings. The van der Waals surface area contributed by atoms with E-state index in [2.05, 4.69) is 20.9 Å². The van der Waals surface area contributed by atoms with Crippen molar-refractivity contribution >= 4 is 31.8 Å². The second kappa shape index (κ2) is 3.59. The number of pyridine rings is 1. The van der Waals surface area contributed by atoms with Gasteiger partial charge in [-0.3, -0.25) is 0 Å². The Balaban J connectivity index is 3.43. The fraction of sp³-hybridized carbons (Fsp3) is 0. The molecular formula is C5H4BrN3O4S. The molecule has 1 rings (SSSR count). The second-order valence-corrected chi connectivity index (χ2v) is 4.66. The Labute approximate surface area is 87.3 Å². The van der Waals surface area contributed by atoms with E-state index >= 15 is 0 Å². The summed E-state index contributed by atoms with van der Waals surface area (Å²) in [5.74, 6) is -0.580. The largest absolute Gasteiger partial charge is 0.366 e. The van der Waals surface area contributed by atoms with Crippen molar-refractivity contribution in [2.45, 2.75) is 4.90 Å². The van der Waals surface area contributed by atoms with Crippen molar-refractivity contribution in [3.05, 3.63) is 26.9 Å². The molecule has 1 heterocycles. The Kier molecular flexibility index (Phi) is 2.83. The van der Waals surface area contributed by atoms with Gasteiger partial charge in [0.15, 0.2) is 0 Å². The van der Waals surface area contributed by atoms with Crippen LogP contribution < -0.4 is 5.14 Å². The van der Waals surface area contributed by atoms with Crippen molar-refractivity contribution in [1.29, 1.82) is 0 Å². The lowest BCUT2D eigenvalue weighted by Crippen LogP contribution is -2.12. The van der Waals surface area contributed by atoms with Gasteiger partial charge in [-0.15, -0.1) is 0 Å². The van der Waals surface area contributed by atoms with Gasteiger partial charge < -0.3 is 10.1 Å². The number of nitro groups is 1. The predicted octanol–water partition coefficient (Wildman–Crippen LogP) is 0.400. The lowest BCUT2D eigenvalue weighted by Gasteiger charge is -1.97. The average Bonchev–Trinajstić information content (AvgIpc) is 2.01. The smallest absolute Gasteiger partial charge is 0.358 e. The van der Waals surface area contributed by atoms with Crippen LogP contribution >= 0.6 is 15.9 Å². The number of sulfonamides is 1. The van der Waals surface area contributed by atoms with Gasteiger partial charge in [-0.1, -0.05) is 0 Å². The van der Waals surface area contributed by atoms with Crippen molar-refractivity contribution in [2.24, 2.45) is 5.14 Å². The van der Waals surface area contributed by atoms with Gasteiger partial charge in [-0.25, -0.2) is 13.6 Å². The fourth-order valence-corrected chi connectivity index (χ4v) is 1.84. The molecule has 1 aromatic heterocycles. The molecule has 1 aromatic rings. The summed E-state index contributed by atoms with van der Waals surface area (Å²) in [7, 11) is -3.96. The van der Waals surface area contributed by atoms with Crippen LogP contribution in [0.3, 0.4) is 0 Å². The van der Waals surface area contributed by atoms with Crippen LogP contribution in [0.15, 0.2) is 21.6 Å². The summed E-state index contributed by atoms with van der Waals surface area (Å²) in [5, 5.41) is 15.1. The maximum Gasteiger partial charge on any atom is 0.366 e. The zero-order chi connectivity index (χ0) is 10.9. The lowest BCUT2D eigenvalue weighted by molar-refractivity contribution is -0.389. The van der Waals surface area contributed by atoms with Crippen LogP contribution in [-0.4, -0.2) is 18.3 Å². The predicted molar refractivity (Wildman–Crippen MR) is 50.0 cm³/mol. The first-order valence-electron chi connectivity index (χ1n) is 3.15. The number of rotatable bonds is 2. The Morgan fingerprint density at radius 1 is 1.50 bits per heavy atom. The molecule has 0 saturated heterocycles. The molecule has 0 aliphatic rings. The molecule has 0 saturated carbocycles. The average molecular weight is 282 g/mol. The van der Waals surface area contributed by atoms with Gasteiger partial charge in [-0.2, -0.15) is 0 Å². The van der Waals surface area contributed by atoms with Crippen molar-refractivity contribution in [2.75, 3.05) is 0 Å². The third-order valence-corrected chi connectivity index (χ3v) is 2.57. The van der Waals surface area contributed by atoms with Gasteiger partial charge >= 0.3 is 5.82 Å². The highest BCUT2D eigenvalue weighted by molar-refractivity contribution is 9.10. The minimum absolute atomic E-state index is 0.0377. The quantitative estimate of drug-likeness (QED) is 0.478. The van der Waals surface area contributed by atoms with E-state index < -0.39 is 20.8 Å². The highest BCUT2D eigenvalue weighted by atomic mass is 79.9. The van der Waals surface area contributed by atoms with Gasteiger partial charge in [0, 0.05) is 22.0 Å². The van der Waals surface area contributed by atoms with Crippen LogP contribution in [0, 0.1) is 10.1 Å². The summed E-state index contributed by atoms with van der Waals surface area (Å²) in [5.41, 5.74) is 0. The number of hydrogen-bond acceptors (Lipinski definition) is 5. The molecule has 2 N–H and O–H groups in total. The SMILES string of the molecule is NS(=O)(=O)c1cc(Br)nc([N+](=O)[O-])c1. The van der Waals surface area contributed by atoms with E-state index in [-0.39, 0.29) is 9.50 Å². The molecule has 0 unspecified atom stereocenters. The molecule has 76 valence electrons. The van der Waals surface area contributed by atoms with Crippen LogP contribution in [0.25, 0.3) is 0 Å². The first-order valence-corrected chi connectivity index (χ1v) is 5.49. The summed E-state index contributed by atoms with van der Waals surface area (Å²) in [6.07, 6.45) is 0. The second-order valence-electron chi connectivity index (χ2n) is 2.29. The van der Waals surface area contributed by atoms with E-state index in [9.17, 15) is 18.5 Å². The van der Waals surface area contributed by atoms with E-state index in [1.807, 2.05) is 0 Å². The molecule has 0 aromatic carbocycles. The molecule has 0 radical (unpaired) electrons. The number of hydrogen-bond donors (Lipinski definition) is 1. The van der Waals surface area contributed by atoms with Crippen molar-refractivity contribution in [1.82, 2.24) is 4.98 Å². The van der Waals surface area contributed by atoms with Crippen LogP contribution in [-0.2, 0) is 10.0 Å². The minimum atomic E-state index is -3.96. The Morgan fingerprint density at radius 2 is 2.07 bits per heavy atom. The molecule has 0 aliphatic heterocycles. The van der Waals surface area contributed by atoms with E-state index in [1.54, 1.807) is 0 Å². The summed E-state index contributed by atoms with van der Waals surface area (Å²) in [4.78, 5) is 12.6. The van der Waals surface area contributed by atoms with Crippen molar-refractivity contribution in [3.63, 3.8) is 0 Å². The highest BCUT2D eigenvalue weighted by Gasteiger charge is 2.17. The maximum atomic E-state index is 10.9. The first kappa shape index (κ1) is 11.0. The van der Waals surface area contributed by atoms with E-state index in [1.165, 1.54) is 0 Å². The summed E-state index contributed by atoms with van der Waals surface area (Å²) >= 11 is 2.84. The summed E-state index contributed by atoms with van der Waals surface area (Å²) < 4.78 is 21.8. The van der Waals surface area contributed by atoms with Crippen LogP contribution in [0.4, 0.5) is 5.82 Å². The maximum absolute atomic E-state index is 10.9. The molecular weight excluding hydrogens is 278 g/mol. The van der Waals surface area contributed by atoms with Crippen LogP contribution in [0.1, 0.15) is 0 Å². The Hall–Kier alpha value is -1.06. The normalized spacial score (nSPS) is 11.3. The van der Waals surface area contributed by atoms with Crippen LogP contribution in [0.2, 0.25) is 0 Å². The molecule has 9 heteroatoms. The van der Waals surface area contributed by atoms with Crippen molar-refractivity contribution < 1.29 is 13.3 Å². The molecule has 0 amide bonds. The number of halogens is 1. The molecule has 0 aliphatic carbocycles. The van der Waals surface area contributed by atoms with E-state index in [0.29, 0.717) is 0 Å². The monoisotopic (exact) mass is 281 g/mol.